The highest BCUT2D eigenvalue weighted by atomic mass is 35.5. The lowest BCUT2D eigenvalue weighted by Gasteiger charge is -2.12. The number of halogens is 3. The van der Waals surface area contributed by atoms with Gasteiger partial charge < -0.3 is 5.73 Å². The Hall–Kier alpha value is -1.45. The normalized spacial score (nSPS) is 12.5. The fraction of sp³-hybridized carbons (Fsp3) is 0.200. The maximum atomic E-state index is 13.9. The molecule has 0 fully saturated rings. The molecule has 0 aromatic heterocycles. The van der Waals surface area contributed by atoms with Crippen LogP contribution in [0.4, 0.5) is 8.78 Å². The van der Waals surface area contributed by atoms with Crippen molar-refractivity contribution in [1.29, 1.82) is 0 Å². The molecule has 1 atom stereocenters. The molecule has 0 spiro atoms. The van der Waals surface area contributed by atoms with E-state index in [1.54, 1.807) is 25.1 Å². The van der Waals surface area contributed by atoms with Crippen LogP contribution in [0, 0.1) is 18.6 Å². The van der Waals surface area contributed by atoms with Crippen molar-refractivity contribution in [3.63, 3.8) is 0 Å². The van der Waals surface area contributed by atoms with Gasteiger partial charge in [0.25, 0.3) is 0 Å². The lowest BCUT2D eigenvalue weighted by Crippen LogP contribution is -2.05. The molecule has 0 amide bonds. The molecule has 2 N–H and O–H groups in total. The second kappa shape index (κ2) is 5.27. The second-order valence-corrected chi connectivity index (χ2v) is 5.02. The van der Waals surface area contributed by atoms with E-state index in [0.29, 0.717) is 16.7 Å². The van der Waals surface area contributed by atoms with Crippen LogP contribution in [0.1, 0.15) is 24.1 Å². The van der Waals surface area contributed by atoms with Crippen molar-refractivity contribution in [3.05, 3.63) is 58.1 Å². The Morgan fingerprint density at radius 1 is 1.05 bits per heavy atom. The van der Waals surface area contributed by atoms with Gasteiger partial charge in [-0.15, -0.1) is 0 Å². The van der Waals surface area contributed by atoms with Crippen molar-refractivity contribution in [3.8, 4) is 11.1 Å². The average molecular weight is 282 g/mol. The van der Waals surface area contributed by atoms with E-state index in [0.717, 1.165) is 5.56 Å². The number of nitrogens with two attached hydrogens (primary N) is 1. The average Bonchev–Trinajstić information content (AvgIpc) is 2.34. The zero-order valence-electron chi connectivity index (χ0n) is 10.7. The Morgan fingerprint density at radius 3 is 2.37 bits per heavy atom. The fourth-order valence-electron chi connectivity index (χ4n) is 1.90. The van der Waals surface area contributed by atoms with Crippen molar-refractivity contribution in [2.24, 2.45) is 5.73 Å². The highest BCUT2D eigenvalue weighted by Crippen LogP contribution is 2.33. The zero-order valence-corrected chi connectivity index (χ0v) is 11.4. The molecule has 0 aliphatic rings. The summed E-state index contributed by atoms with van der Waals surface area (Å²) in [7, 11) is 0. The van der Waals surface area contributed by atoms with E-state index in [2.05, 4.69) is 0 Å². The van der Waals surface area contributed by atoms with Gasteiger partial charge in [0.2, 0.25) is 0 Å². The molecule has 0 saturated heterocycles. The fourth-order valence-corrected chi connectivity index (χ4v) is 2.15. The van der Waals surface area contributed by atoms with Crippen LogP contribution >= 0.6 is 11.6 Å². The van der Waals surface area contributed by atoms with Crippen LogP contribution in [-0.4, -0.2) is 0 Å². The van der Waals surface area contributed by atoms with Gasteiger partial charge in [0.15, 0.2) is 0 Å². The molecule has 4 heteroatoms. The molecule has 0 radical (unpaired) electrons. The molecular formula is C15H14ClF2N. The van der Waals surface area contributed by atoms with E-state index < -0.39 is 11.6 Å². The smallest absolute Gasteiger partial charge is 0.131 e. The molecule has 100 valence electrons. The van der Waals surface area contributed by atoms with Gasteiger partial charge in [-0.25, -0.2) is 8.78 Å². The summed E-state index contributed by atoms with van der Waals surface area (Å²) in [5.41, 5.74) is 7.82. The van der Waals surface area contributed by atoms with Crippen LogP contribution in [0.25, 0.3) is 11.1 Å². The van der Waals surface area contributed by atoms with Gasteiger partial charge in [-0.3, -0.25) is 0 Å². The minimum atomic E-state index is -0.405. The van der Waals surface area contributed by atoms with Crippen molar-refractivity contribution in [1.82, 2.24) is 0 Å². The third-order valence-corrected chi connectivity index (χ3v) is 3.37. The van der Waals surface area contributed by atoms with Crippen LogP contribution in [0.3, 0.4) is 0 Å². The maximum Gasteiger partial charge on any atom is 0.131 e. The van der Waals surface area contributed by atoms with E-state index in [1.807, 2.05) is 6.92 Å². The molecule has 0 aliphatic heterocycles. The van der Waals surface area contributed by atoms with E-state index >= 15 is 0 Å². The first-order chi connectivity index (χ1) is 8.90. The first-order valence-electron chi connectivity index (χ1n) is 5.91. The molecule has 1 nitrogen and oxygen atoms in total. The van der Waals surface area contributed by atoms with Crippen LogP contribution in [0.15, 0.2) is 30.3 Å². The zero-order chi connectivity index (χ0) is 14.2. The van der Waals surface area contributed by atoms with Crippen LogP contribution < -0.4 is 5.73 Å². The largest absolute Gasteiger partial charge is 0.324 e. The number of benzene rings is 2. The summed E-state index contributed by atoms with van der Waals surface area (Å²) in [5.74, 6) is -0.810. The van der Waals surface area contributed by atoms with Crippen molar-refractivity contribution >= 4 is 11.6 Å². The quantitative estimate of drug-likeness (QED) is 0.854. The number of aryl methyl sites for hydroxylation is 1. The monoisotopic (exact) mass is 281 g/mol. The van der Waals surface area contributed by atoms with Gasteiger partial charge in [0.1, 0.15) is 11.6 Å². The summed E-state index contributed by atoms with van der Waals surface area (Å²) in [6.45, 7) is 3.43. The molecule has 2 rings (SSSR count). The van der Waals surface area contributed by atoms with Crippen LogP contribution in [0.2, 0.25) is 5.02 Å². The van der Waals surface area contributed by atoms with Crippen LogP contribution in [-0.2, 0) is 0 Å². The Morgan fingerprint density at radius 2 is 1.74 bits per heavy atom. The summed E-state index contributed by atoms with van der Waals surface area (Å²) in [4.78, 5) is 0. The van der Waals surface area contributed by atoms with E-state index in [4.69, 9.17) is 17.3 Å². The molecule has 19 heavy (non-hydrogen) atoms. The number of hydrogen-bond acceptors (Lipinski definition) is 1. The first kappa shape index (κ1) is 14.0. The molecule has 2 aromatic carbocycles. The Labute approximate surface area is 116 Å². The summed E-state index contributed by atoms with van der Waals surface area (Å²) in [5, 5.41) is 0.184. The molecule has 0 heterocycles. The summed E-state index contributed by atoms with van der Waals surface area (Å²) in [6, 6.07) is 7.17. The van der Waals surface area contributed by atoms with Gasteiger partial charge in [-0.2, -0.15) is 0 Å². The van der Waals surface area contributed by atoms with E-state index in [1.165, 1.54) is 12.1 Å². The van der Waals surface area contributed by atoms with Crippen molar-refractivity contribution in [2.75, 3.05) is 0 Å². The Kier molecular flexibility index (Phi) is 3.88. The predicted molar refractivity (Wildman–Crippen MR) is 74.1 cm³/mol. The van der Waals surface area contributed by atoms with Crippen molar-refractivity contribution in [2.45, 2.75) is 19.9 Å². The third kappa shape index (κ3) is 2.77. The SMILES string of the molecule is Cc1cc(-c2cc(C(C)N)ccc2F)c(Cl)cc1F. The van der Waals surface area contributed by atoms with Gasteiger partial charge in [-0.05, 0) is 49.2 Å². The first-order valence-corrected chi connectivity index (χ1v) is 6.29. The number of rotatable bonds is 2. The molecule has 0 bridgehead atoms. The van der Waals surface area contributed by atoms with Crippen molar-refractivity contribution < 1.29 is 8.78 Å². The lowest BCUT2D eigenvalue weighted by atomic mass is 9.98. The van der Waals surface area contributed by atoms with Gasteiger partial charge in [0, 0.05) is 17.2 Å². The molecule has 2 aromatic rings. The summed E-state index contributed by atoms with van der Waals surface area (Å²) < 4.78 is 27.3. The van der Waals surface area contributed by atoms with E-state index in [9.17, 15) is 8.78 Å². The molecule has 0 aliphatic carbocycles. The summed E-state index contributed by atoms with van der Waals surface area (Å²) >= 11 is 6.00. The standard InChI is InChI=1S/C15H14ClF2N/c1-8-5-11(13(16)7-15(8)18)12-6-10(9(2)19)3-4-14(12)17/h3-7,9H,19H2,1-2H3. The third-order valence-electron chi connectivity index (χ3n) is 3.05. The number of hydrogen-bond donors (Lipinski definition) is 1. The minimum absolute atomic E-state index is 0.184. The highest BCUT2D eigenvalue weighted by Gasteiger charge is 2.13. The second-order valence-electron chi connectivity index (χ2n) is 4.61. The lowest BCUT2D eigenvalue weighted by molar-refractivity contribution is 0.617. The summed E-state index contributed by atoms with van der Waals surface area (Å²) in [6.07, 6.45) is 0. The van der Waals surface area contributed by atoms with Gasteiger partial charge >= 0.3 is 0 Å². The van der Waals surface area contributed by atoms with E-state index in [-0.39, 0.29) is 11.1 Å². The van der Waals surface area contributed by atoms with Gasteiger partial charge in [-0.1, -0.05) is 17.7 Å². The molecule has 1 unspecified atom stereocenters. The topological polar surface area (TPSA) is 26.0 Å². The molecule has 0 saturated carbocycles. The van der Waals surface area contributed by atoms with Crippen LogP contribution in [0.5, 0.6) is 0 Å². The molecular weight excluding hydrogens is 268 g/mol. The van der Waals surface area contributed by atoms with Gasteiger partial charge in [0.05, 0.1) is 5.02 Å². The Balaban J connectivity index is 2.64. The predicted octanol–water partition coefficient (Wildman–Crippen LogP) is 4.61. The maximum absolute atomic E-state index is 13.9. The Bertz CT molecular complexity index is 624. The highest BCUT2D eigenvalue weighted by molar-refractivity contribution is 6.33. The minimum Gasteiger partial charge on any atom is -0.324 e.